The van der Waals surface area contributed by atoms with Crippen molar-refractivity contribution in [3.8, 4) is 11.5 Å². The van der Waals surface area contributed by atoms with Crippen LogP contribution in [0.5, 0.6) is 11.5 Å². The molecule has 0 spiro atoms. The third kappa shape index (κ3) is 2.58. The van der Waals surface area contributed by atoms with E-state index in [0.717, 1.165) is 16.5 Å². The molecule has 0 aliphatic heterocycles. The number of para-hydroxylation sites is 1. The highest BCUT2D eigenvalue weighted by Gasteiger charge is 2.16. The minimum absolute atomic E-state index is 0.374. The maximum atomic E-state index is 6.32. The largest absolute Gasteiger partial charge is 0.497 e. The lowest BCUT2D eigenvalue weighted by Crippen LogP contribution is -2.11. The van der Waals surface area contributed by atoms with Crippen molar-refractivity contribution in [2.75, 3.05) is 14.2 Å². The Morgan fingerprint density at radius 2 is 1.62 bits per heavy atom. The average molecular weight is 283 g/mol. The number of benzene rings is 2. The standard InChI is InChI=1S/C17H17NO3/c1-19-13-7-12(8-14(10-13)20-2)17(18)16-9-11-5-3-4-6-15(11)21-16/h3-10,17H,18H2,1-2H3. The third-order valence-corrected chi connectivity index (χ3v) is 3.48. The lowest BCUT2D eigenvalue weighted by molar-refractivity contribution is 0.392. The lowest BCUT2D eigenvalue weighted by atomic mass is 10.0. The fourth-order valence-corrected chi connectivity index (χ4v) is 2.33. The maximum Gasteiger partial charge on any atom is 0.134 e. The summed E-state index contributed by atoms with van der Waals surface area (Å²) in [6.45, 7) is 0. The molecule has 2 aromatic carbocycles. The van der Waals surface area contributed by atoms with Crippen LogP contribution in [0, 0.1) is 0 Å². The molecule has 4 nitrogen and oxygen atoms in total. The molecule has 0 fully saturated rings. The van der Waals surface area contributed by atoms with Gasteiger partial charge >= 0.3 is 0 Å². The molecule has 1 aromatic heterocycles. The number of hydrogen-bond donors (Lipinski definition) is 1. The molecule has 0 saturated heterocycles. The van der Waals surface area contributed by atoms with Gasteiger partial charge in [-0.2, -0.15) is 0 Å². The number of ether oxygens (including phenoxy) is 2. The molecule has 0 aliphatic rings. The van der Waals surface area contributed by atoms with Crippen molar-refractivity contribution in [2.45, 2.75) is 6.04 Å². The van der Waals surface area contributed by atoms with E-state index in [-0.39, 0.29) is 6.04 Å². The molecule has 0 aliphatic carbocycles. The Bertz CT molecular complexity index is 708. The van der Waals surface area contributed by atoms with E-state index in [1.165, 1.54) is 0 Å². The van der Waals surface area contributed by atoms with Gasteiger partial charge in [-0.3, -0.25) is 0 Å². The molecule has 0 bridgehead atoms. The number of rotatable bonds is 4. The predicted molar refractivity (Wildman–Crippen MR) is 81.8 cm³/mol. The Labute approximate surface area is 123 Å². The van der Waals surface area contributed by atoms with E-state index < -0.39 is 0 Å². The number of furan rings is 1. The fourth-order valence-electron chi connectivity index (χ4n) is 2.33. The zero-order valence-corrected chi connectivity index (χ0v) is 12.0. The number of fused-ring (bicyclic) bond motifs is 1. The van der Waals surface area contributed by atoms with Gasteiger partial charge < -0.3 is 19.6 Å². The van der Waals surface area contributed by atoms with E-state index in [0.29, 0.717) is 17.3 Å². The van der Waals surface area contributed by atoms with Gasteiger partial charge in [0.25, 0.3) is 0 Å². The second kappa shape index (κ2) is 5.50. The molecule has 108 valence electrons. The summed E-state index contributed by atoms with van der Waals surface area (Å²) in [4.78, 5) is 0. The van der Waals surface area contributed by atoms with Crippen LogP contribution in [0.3, 0.4) is 0 Å². The molecule has 1 atom stereocenters. The SMILES string of the molecule is COc1cc(OC)cc(C(N)c2cc3ccccc3o2)c1. The first kappa shape index (κ1) is 13.5. The van der Waals surface area contributed by atoms with Crippen LogP contribution in [0.1, 0.15) is 17.4 Å². The van der Waals surface area contributed by atoms with E-state index in [1.807, 2.05) is 48.5 Å². The highest BCUT2D eigenvalue weighted by Crippen LogP contribution is 2.31. The second-order valence-electron chi connectivity index (χ2n) is 4.81. The molecule has 4 heteroatoms. The Balaban J connectivity index is 2.02. The van der Waals surface area contributed by atoms with Crippen LogP contribution in [0.25, 0.3) is 11.0 Å². The molecular formula is C17H17NO3. The molecule has 3 aromatic rings. The molecule has 0 radical (unpaired) electrons. The fraction of sp³-hybridized carbons (Fsp3) is 0.176. The van der Waals surface area contributed by atoms with Crippen molar-refractivity contribution in [2.24, 2.45) is 5.73 Å². The lowest BCUT2D eigenvalue weighted by Gasteiger charge is -2.12. The molecular weight excluding hydrogens is 266 g/mol. The minimum atomic E-state index is -0.374. The van der Waals surface area contributed by atoms with Gasteiger partial charge in [0.1, 0.15) is 22.8 Å². The zero-order chi connectivity index (χ0) is 14.8. The summed E-state index contributed by atoms with van der Waals surface area (Å²) >= 11 is 0. The molecule has 0 saturated carbocycles. The van der Waals surface area contributed by atoms with Crippen molar-refractivity contribution in [3.63, 3.8) is 0 Å². The summed E-state index contributed by atoms with van der Waals surface area (Å²) in [6.07, 6.45) is 0. The molecule has 2 N–H and O–H groups in total. The highest BCUT2D eigenvalue weighted by molar-refractivity contribution is 5.78. The maximum absolute atomic E-state index is 6.32. The van der Waals surface area contributed by atoms with Crippen LogP contribution >= 0.6 is 0 Å². The zero-order valence-electron chi connectivity index (χ0n) is 12.0. The van der Waals surface area contributed by atoms with E-state index >= 15 is 0 Å². The number of methoxy groups -OCH3 is 2. The van der Waals surface area contributed by atoms with Gasteiger partial charge in [-0.1, -0.05) is 18.2 Å². The van der Waals surface area contributed by atoms with Crippen LogP contribution in [-0.2, 0) is 0 Å². The van der Waals surface area contributed by atoms with E-state index in [2.05, 4.69) is 0 Å². The van der Waals surface area contributed by atoms with Gasteiger partial charge in [0.2, 0.25) is 0 Å². The van der Waals surface area contributed by atoms with E-state index in [9.17, 15) is 0 Å². The quantitative estimate of drug-likeness (QED) is 0.796. The Kier molecular flexibility index (Phi) is 3.54. The van der Waals surface area contributed by atoms with Gasteiger partial charge in [-0.05, 0) is 29.8 Å². The van der Waals surface area contributed by atoms with Crippen molar-refractivity contribution in [1.29, 1.82) is 0 Å². The van der Waals surface area contributed by atoms with Crippen molar-refractivity contribution in [1.82, 2.24) is 0 Å². The molecule has 1 heterocycles. The first-order valence-corrected chi connectivity index (χ1v) is 6.68. The van der Waals surface area contributed by atoms with Crippen molar-refractivity contribution >= 4 is 11.0 Å². The van der Waals surface area contributed by atoms with Gasteiger partial charge in [0.05, 0.1) is 20.3 Å². The Morgan fingerprint density at radius 3 is 2.24 bits per heavy atom. The van der Waals surface area contributed by atoms with Gasteiger partial charge in [-0.25, -0.2) is 0 Å². The van der Waals surface area contributed by atoms with Gasteiger partial charge in [0.15, 0.2) is 0 Å². The summed E-state index contributed by atoms with van der Waals surface area (Å²) < 4.78 is 16.4. The summed E-state index contributed by atoms with van der Waals surface area (Å²) in [5, 5.41) is 1.04. The van der Waals surface area contributed by atoms with Crippen LogP contribution in [-0.4, -0.2) is 14.2 Å². The van der Waals surface area contributed by atoms with E-state index in [1.54, 1.807) is 14.2 Å². The van der Waals surface area contributed by atoms with E-state index in [4.69, 9.17) is 19.6 Å². The van der Waals surface area contributed by atoms with Crippen LogP contribution in [0.4, 0.5) is 0 Å². The molecule has 3 rings (SSSR count). The summed E-state index contributed by atoms with van der Waals surface area (Å²) in [7, 11) is 3.23. The second-order valence-corrected chi connectivity index (χ2v) is 4.81. The van der Waals surface area contributed by atoms with Crippen molar-refractivity contribution < 1.29 is 13.9 Å². The Hall–Kier alpha value is -2.46. The third-order valence-electron chi connectivity index (χ3n) is 3.48. The summed E-state index contributed by atoms with van der Waals surface area (Å²) in [6, 6.07) is 15.0. The highest BCUT2D eigenvalue weighted by atomic mass is 16.5. The molecule has 1 unspecified atom stereocenters. The minimum Gasteiger partial charge on any atom is -0.497 e. The smallest absolute Gasteiger partial charge is 0.134 e. The van der Waals surface area contributed by atoms with Crippen LogP contribution in [0.15, 0.2) is 52.9 Å². The van der Waals surface area contributed by atoms with Crippen molar-refractivity contribution in [3.05, 3.63) is 59.9 Å². The molecule has 21 heavy (non-hydrogen) atoms. The summed E-state index contributed by atoms with van der Waals surface area (Å²) in [5.41, 5.74) is 8.03. The van der Waals surface area contributed by atoms with Gasteiger partial charge in [0, 0.05) is 11.5 Å². The predicted octanol–water partition coefficient (Wildman–Crippen LogP) is 3.50. The monoisotopic (exact) mass is 283 g/mol. The van der Waals surface area contributed by atoms with Crippen LogP contribution in [0.2, 0.25) is 0 Å². The van der Waals surface area contributed by atoms with Crippen LogP contribution < -0.4 is 15.2 Å². The normalized spacial score (nSPS) is 12.3. The first-order chi connectivity index (χ1) is 10.2. The first-order valence-electron chi connectivity index (χ1n) is 6.68. The number of hydrogen-bond acceptors (Lipinski definition) is 4. The molecule has 0 amide bonds. The van der Waals surface area contributed by atoms with Gasteiger partial charge in [-0.15, -0.1) is 0 Å². The average Bonchev–Trinajstić information content (AvgIpc) is 2.97. The topological polar surface area (TPSA) is 57.6 Å². The Morgan fingerprint density at radius 1 is 0.952 bits per heavy atom. The number of nitrogens with two attached hydrogens (primary N) is 1. The summed E-state index contributed by atoms with van der Waals surface area (Å²) in [5.74, 6) is 2.12.